The van der Waals surface area contributed by atoms with Crippen molar-refractivity contribution in [2.24, 2.45) is 16.7 Å². The average Bonchev–Trinajstić information content (AvgIpc) is 3.11. The number of rotatable bonds is 18. The Morgan fingerprint density at radius 3 is 1.98 bits per heavy atom. The molecule has 0 heterocycles. The van der Waals surface area contributed by atoms with Gasteiger partial charge in [-0.3, -0.25) is 19.1 Å². The summed E-state index contributed by atoms with van der Waals surface area (Å²) in [6.07, 6.45) is 4.38. The largest absolute Gasteiger partial charge is 0.469 e. The van der Waals surface area contributed by atoms with Crippen molar-refractivity contribution in [3.05, 3.63) is 90.0 Å². The van der Waals surface area contributed by atoms with Gasteiger partial charge in [0.25, 0.3) is 10.0 Å². The summed E-state index contributed by atoms with van der Waals surface area (Å²) in [5.41, 5.74) is 0.938. The Bertz CT molecular complexity index is 1640. The standard InChI is InChI=1S/C39H52N2O7S/c1-8-10-14-29-17-19-33(20-18-29)41-49(45,46)34-23-21-32(22-24-34)40-36(43)39(5,28(3)31-15-12-11-13-16-31)26-25-38(4,37(44)48-7)27-30(9-2)35(42)47-6/h11-13,15-24,28,30,41H,8-10,14,25-27H2,1-7H3,(H,40,43). The van der Waals surface area contributed by atoms with Crippen LogP contribution in [0.4, 0.5) is 11.4 Å². The molecule has 0 radical (unpaired) electrons. The Hall–Kier alpha value is -4.18. The summed E-state index contributed by atoms with van der Waals surface area (Å²) in [4.78, 5) is 39.9. The monoisotopic (exact) mass is 692 g/mol. The van der Waals surface area contributed by atoms with Crippen molar-refractivity contribution in [3.63, 3.8) is 0 Å². The molecule has 3 aromatic carbocycles. The molecule has 0 bridgehead atoms. The van der Waals surface area contributed by atoms with Crippen LogP contribution in [-0.2, 0) is 40.3 Å². The molecule has 4 unspecified atom stereocenters. The van der Waals surface area contributed by atoms with Crippen molar-refractivity contribution < 1.29 is 32.3 Å². The normalized spacial score (nSPS) is 15.2. The lowest BCUT2D eigenvalue weighted by Crippen LogP contribution is -2.41. The first-order valence-electron chi connectivity index (χ1n) is 17.0. The quantitative estimate of drug-likeness (QED) is 0.129. The first-order valence-corrected chi connectivity index (χ1v) is 18.5. The van der Waals surface area contributed by atoms with Gasteiger partial charge in [0.1, 0.15) is 0 Å². The van der Waals surface area contributed by atoms with E-state index in [0.29, 0.717) is 24.2 Å². The molecule has 0 aliphatic heterocycles. The van der Waals surface area contributed by atoms with E-state index in [4.69, 9.17) is 9.47 Å². The Morgan fingerprint density at radius 2 is 1.43 bits per heavy atom. The molecule has 0 aliphatic carbocycles. The van der Waals surface area contributed by atoms with Gasteiger partial charge in [-0.15, -0.1) is 0 Å². The Kier molecular flexibility index (Phi) is 14.0. The van der Waals surface area contributed by atoms with Gasteiger partial charge in [-0.2, -0.15) is 0 Å². The predicted octanol–water partition coefficient (Wildman–Crippen LogP) is 8.13. The lowest BCUT2D eigenvalue weighted by Gasteiger charge is -2.38. The van der Waals surface area contributed by atoms with Gasteiger partial charge in [0, 0.05) is 11.4 Å². The van der Waals surface area contributed by atoms with Gasteiger partial charge in [0.15, 0.2) is 0 Å². The molecule has 49 heavy (non-hydrogen) atoms. The number of amides is 1. The number of carbonyl (C=O) groups excluding carboxylic acids is 3. The second kappa shape index (κ2) is 17.5. The van der Waals surface area contributed by atoms with E-state index in [0.717, 1.165) is 30.4 Å². The molecule has 0 fully saturated rings. The summed E-state index contributed by atoms with van der Waals surface area (Å²) in [6, 6.07) is 23.1. The molecule has 1 amide bonds. The van der Waals surface area contributed by atoms with Gasteiger partial charge >= 0.3 is 11.9 Å². The minimum atomic E-state index is -3.86. The maximum Gasteiger partial charge on any atom is 0.311 e. The smallest absolute Gasteiger partial charge is 0.311 e. The highest BCUT2D eigenvalue weighted by atomic mass is 32.2. The molecular formula is C39H52N2O7S. The molecule has 3 rings (SSSR count). The molecule has 2 N–H and O–H groups in total. The minimum Gasteiger partial charge on any atom is -0.469 e. The van der Waals surface area contributed by atoms with Crippen LogP contribution < -0.4 is 10.0 Å². The maximum absolute atomic E-state index is 14.2. The van der Waals surface area contributed by atoms with Crippen molar-refractivity contribution in [2.75, 3.05) is 24.3 Å². The number of carbonyl (C=O) groups is 3. The maximum atomic E-state index is 14.2. The summed E-state index contributed by atoms with van der Waals surface area (Å²) < 4.78 is 39.1. The van der Waals surface area contributed by atoms with Crippen LogP contribution in [0.3, 0.4) is 0 Å². The zero-order valence-electron chi connectivity index (χ0n) is 29.9. The third-order valence-corrected chi connectivity index (χ3v) is 11.2. The number of aryl methyl sites for hydroxylation is 1. The highest BCUT2D eigenvalue weighted by molar-refractivity contribution is 7.92. The highest BCUT2D eigenvalue weighted by Gasteiger charge is 2.45. The van der Waals surface area contributed by atoms with Crippen LogP contribution >= 0.6 is 0 Å². The topological polar surface area (TPSA) is 128 Å². The zero-order chi connectivity index (χ0) is 36.2. The van der Waals surface area contributed by atoms with Gasteiger partial charge in [0.05, 0.1) is 35.9 Å². The van der Waals surface area contributed by atoms with E-state index in [1.54, 1.807) is 31.2 Å². The van der Waals surface area contributed by atoms with Gasteiger partial charge in [-0.05, 0) is 98.9 Å². The van der Waals surface area contributed by atoms with Crippen LogP contribution in [0.5, 0.6) is 0 Å². The van der Waals surface area contributed by atoms with Crippen LogP contribution in [0, 0.1) is 16.7 Å². The number of hydrogen-bond acceptors (Lipinski definition) is 7. The lowest BCUT2D eigenvalue weighted by molar-refractivity contribution is -0.157. The average molecular weight is 693 g/mol. The van der Waals surface area contributed by atoms with Crippen LogP contribution in [0.15, 0.2) is 83.8 Å². The molecule has 0 aromatic heterocycles. The second-order valence-corrected chi connectivity index (χ2v) is 15.0. The molecule has 0 saturated heterocycles. The number of benzene rings is 3. The van der Waals surface area contributed by atoms with Crippen molar-refractivity contribution in [3.8, 4) is 0 Å². The van der Waals surface area contributed by atoms with Crippen molar-refractivity contribution >= 4 is 39.2 Å². The predicted molar refractivity (Wildman–Crippen MR) is 194 cm³/mol. The van der Waals surface area contributed by atoms with Gasteiger partial charge in [0.2, 0.25) is 5.91 Å². The third kappa shape index (κ3) is 10.2. The number of sulfonamides is 1. The fourth-order valence-electron chi connectivity index (χ4n) is 6.14. The minimum absolute atomic E-state index is 0.0610. The summed E-state index contributed by atoms with van der Waals surface area (Å²) in [7, 11) is -1.21. The molecule has 0 aliphatic rings. The van der Waals surface area contributed by atoms with Crippen LogP contribution in [0.2, 0.25) is 0 Å². The van der Waals surface area contributed by atoms with E-state index in [1.165, 1.54) is 26.4 Å². The summed E-state index contributed by atoms with van der Waals surface area (Å²) in [6.45, 7) is 9.61. The number of anilines is 2. The third-order valence-electron chi connectivity index (χ3n) is 9.82. The lowest BCUT2D eigenvalue weighted by atomic mass is 9.66. The number of methoxy groups -OCH3 is 2. The molecule has 10 heteroatoms. The fourth-order valence-corrected chi connectivity index (χ4v) is 7.19. The number of ether oxygens (including phenoxy) is 2. The molecule has 4 atom stereocenters. The van der Waals surface area contributed by atoms with E-state index in [2.05, 4.69) is 17.0 Å². The number of unbranched alkanes of at least 4 members (excludes halogenated alkanes) is 1. The summed E-state index contributed by atoms with van der Waals surface area (Å²) in [5, 5.41) is 3.00. The van der Waals surface area contributed by atoms with Crippen molar-refractivity contribution in [2.45, 2.75) is 90.4 Å². The Labute approximate surface area is 292 Å². The van der Waals surface area contributed by atoms with Crippen LogP contribution in [0.1, 0.15) is 90.2 Å². The van der Waals surface area contributed by atoms with E-state index in [1.807, 2.05) is 63.2 Å². The molecular weight excluding hydrogens is 641 g/mol. The zero-order valence-corrected chi connectivity index (χ0v) is 30.7. The number of hydrogen-bond donors (Lipinski definition) is 2. The molecule has 0 saturated carbocycles. The number of esters is 2. The summed E-state index contributed by atoms with van der Waals surface area (Å²) in [5.74, 6) is -1.90. The number of nitrogens with one attached hydrogen (secondary N) is 2. The van der Waals surface area contributed by atoms with Gasteiger partial charge in [-0.1, -0.05) is 76.6 Å². The molecule has 9 nitrogen and oxygen atoms in total. The van der Waals surface area contributed by atoms with Crippen molar-refractivity contribution in [1.82, 2.24) is 0 Å². The SMILES string of the molecule is CCCCc1ccc(NS(=O)(=O)c2ccc(NC(=O)C(C)(CCC(C)(CC(CC)C(=O)OC)C(=O)OC)C(C)c3ccccc3)cc2)cc1. The molecule has 3 aromatic rings. The fraction of sp³-hybridized carbons (Fsp3) is 0.462. The van der Waals surface area contributed by atoms with E-state index >= 15 is 0 Å². The van der Waals surface area contributed by atoms with Crippen molar-refractivity contribution in [1.29, 1.82) is 0 Å². The van der Waals surface area contributed by atoms with Crippen LogP contribution in [0.25, 0.3) is 0 Å². The Morgan fingerprint density at radius 1 is 0.816 bits per heavy atom. The van der Waals surface area contributed by atoms with E-state index in [9.17, 15) is 22.8 Å². The van der Waals surface area contributed by atoms with E-state index in [-0.39, 0.29) is 29.6 Å². The first kappa shape index (κ1) is 39.3. The second-order valence-electron chi connectivity index (χ2n) is 13.3. The molecule has 0 spiro atoms. The molecule has 266 valence electrons. The summed E-state index contributed by atoms with van der Waals surface area (Å²) >= 11 is 0. The van der Waals surface area contributed by atoms with Gasteiger partial charge < -0.3 is 14.8 Å². The van der Waals surface area contributed by atoms with Crippen LogP contribution in [-0.4, -0.2) is 40.5 Å². The first-order chi connectivity index (χ1) is 23.2. The van der Waals surface area contributed by atoms with Gasteiger partial charge in [-0.25, -0.2) is 8.42 Å². The highest BCUT2D eigenvalue weighted by Crippen LogP contribution is 2.45. The van der Waals surface area contributed by atoms with E-state index < -0.39 is 38.7 Å². The Balaban J connectivity index is 1.85.